The molecule has 6 nitrogen and oxygen atoms in total. The third-order valence-electron chi connectivity index (χ3n) is 4.41. The predicted octanol–water partition coefficient (Wildman–Crippen LogP) is 3.56. The van der Waals surface area contributed by atoms with Gasteiger partial charge in [0.1, 0.15) is 12.3 Å². The quantitative estimate of drug-likeness (QED) is 0.713. The molecular weight excluding hydrogens is 354 g/mol. The number of aromatic nitrogens is 2. The highest BCUT2D eigenvalue weighted by Crippen LogP contribution is 2.19. The molecule has 0 aliphatic rings. The van der Waals surface area contributed by atoms with Crippen molar-refractivity contribution in [3.8, 4) is 17.0 Å². The molecule has 0 saturated heterocycles. The van der Waals surface area contributed by atoms with Crippen LogP contribution < -0.4 is 15.6 Å². The second kappa shape index (κ2) is 8.52. The monoisotopic (exact) mass is 377 g/mol. The summed E-state index contributed by atoms with van der Waals surface area (Å²) in [6, 6.07) is 16.2. The van der Waals surface area contributed by atoms with Crippen LogP contribution >= 0.6 is 0 Å². The highest BCUT2D eigenvalue weighted by Gasteiger charge is 2.09. The van der Waals surface area contributed by atoms with E-state index in [4.69, 9.17) is 4.74 Å². The number of anilines is 1. The Morgan fingerprint density at radius 1 is 1.04 bits per heavy atom. The van der Waals surface area contributed by atoms with Crippen LogP contribution in [-0.4, -0.2) is 22.3 Å². The minimum absolute atomic E-state index is 0.162. The van der Waals surface area contributed by atoms with Gasteiger partial charge < -0.3 is 10.1 Å². The Bertz CT molecular complexity index is 1040. The minimum atomic E-state index is -0.325. The van der Waals surface area contributed by atoms with Gasteiger partial charge in [-0.15, -0.1) is 0 Å². The van der Waals surface area contributed by atoms with E-state index in [2.05, 4.69) is 10.4 Å². The minimum Gasteiger partial charge on any atom is -0.494 e. The van der Waals surface area contributed by atoms with Gasteiger partial charge in [-0.3, -0.25) is 9.59 Å². The lowest BCUT2D eigenvalue weighted by Crippen LogP contribution is -2.29. The van der Waals surface area contributed by atoms with Crippen molar-refractivity contribution in [1.29, 1.82) is 0 Å². The molecule has 0 bridgehead atoms. The van der Waals surface area contributed by atoms with Crippen molar-refractivity contribution in [2.45, 2.75) is 27.3 Å². The fraction of sp³-hybridized carbons (Fsp3) is 0.227. The van der Waals surface area contributed by atoms with Crippen molar-refractivity contribution in [2.75, 3.05) is 11.9 Å². The summed E-state index contributed by atoms with van der Waals surface area (Å²) < 4.78 is 6.55. The summed E-state index contributed by atoms with van der Waals surface area (Å²) in [5, 5.41) is 7.13. The normalized spacial score (nSPS) is 10.5. The van der Waals surface area contributed by atoms with Gasteiger partial charge in [-0.1, -0.05) is 12.1 Å². The first-order valence-electron chi connectivity index (χ1n) is 9.15. The van der Waals surface area contributed by atoms with Gasteiger partial charge in [0.15, 0.2) is 0 Å². The van der Waals surface area contributed by atoms with Gasteiger partial charge in [-0.2, -0.15) is 5.10 Å². The van der Waals surface area contributed by atoms with Gasteiger partial charge in [-0.25, -0.2) is 4.68 Å². The molecule has 28 heavy (non-hydrogen) atoms. The summed E-state index contributed by atoms with van der Waals surface area (Å²) >= 11 is 0. The van der Waals surface area contributed by atoms with Gasteiger partial charge in [0.2, 0.25) is 5.91 Å². The predicted molar refractivity (Wildman–Crippen MR) is 110 cm³/mol. The molecule has 0 aliphatic carbocycles. The number of nitrogens with zero attached hydrogens (tertiary/aromatic N) is 2. The van der Waals surface area contributed by atoms with E-state index in [0.717, 1.165) is 16.9 Å². The van der Waals surface area contributed by atoms with Gasteiger partial charge >= 0.3 is 0 Å². The molecule has 0 unspecified atom stereocenters. The van der Waals surface area contributed by atoms with Crippen LogP contribution in [0.4, 0.5) is 5.69 Å². The van der Waals surface area contributed by atoms with E-state index < -0.39 is 0 Å². The molecule has 0 radical (unpaired) electrons. The molecule has 1 amide bonds. The Hall–Kier alpha value is -3.41. The lowest BCUT2D eigenvalue weighted by molar-refractivity contribution is -0.117. The van der Waals surface area contributed by atoms with Crippen molar-refractivity contribution in [2.24, 2.45) is 0 Å². The standard InChI is InChI=1S/C22H23N3O3/c1-4-28-19-9-7-18(8-10-19)23-21(26)14-25-22(27)12-11-20(24-25)17-6-5-15(2)16(3)13-17/h5-13H,4,14H2,1-3H3,(H,23,26). The van der Waals surface area contributed by atoms with Crippen LogP contribution in [0.2, 0.25) is 0 Å². The fourth-order valence-electron chi connectivity index (χ4n) is 2.75. The number of amides is 1. The first-order valence-corrected chi connectivity index (χ1v) is 9.15. The highest BCUT2D eigenvalue weighted by molar-refractivity contribution is 5.90. The molecule has 144 valence electrons. The number of rotatable bonds is 6. The van der Waals surface area contributed by atoms with Crippen LogP contribution in [0.25, 0.3) is 11.3 Å². The van der Waals surface area contributed by atoms with Crippen LogP contribution in [0.15, 0.2) is 59.4 Å². The summed E-state index contributed by atoms with van der Waals surface area (Å²) in [7, 11) is 0. The molecule has 0 saturated carbocycles. The maximum Gasteiger partial charge on any atom is 0.267 e. The average molecular weight is 377 g/mol. The Morgan fingerprint density at radius 2 is 1.79 bits per heavy atom. The van der Waals surface area contributed by atoms with Crippen molar-refractivity contribution in [1.82, 2.24) is 9.78 Å². The molecule has 0 aliphatic heterocycles. The number of carbonyl (C=O) groups is 1. The number of ether oxygens (including phenoxy) is 1. The zero-order valence-electron chi connectivity index (χ0n) is 16.2. The first kappa shape index (κ1) is 19.4. The molecule has 0 spiro atoms. The molecule has 1 N–H and O–H groups in total. The SMILES string of the molecule is CCOc1ccc(NC(=O)Cn2nc(-c3ccc(C)c(C)c3)ccc2=O)cc1. The smallest absolute Gasteiger partial charge is 0.267 e. The van der Waals surface area contributed by atoms with Gasteiger partial charge in [0.05, 0.1) is 12.3 Å². The average Bonchev–Trinajstić information content (AvgIpc) is 2.67. The van der Waals surface area contributed by atoms with Crippen molar-refractivity contribution in [3.05, 3.63) is 76.1 Å². The second-order valence-corrected chi connectivity index (χ2v) is 6.52. The lowest BCUT2D eigenvalue weighted by atomic mass is 10.0. The number of hydrogen-bond acceptors (Lipinski definition) is 4. The molecule has 2 aromatic carbocycles. The molecule has 3 rings (SSSR count). The van der Waals surface area contributed by atoms with Gasteiger partial charge in [0, 0.05) is 17.3 Å². The molecule has 0 atom stereocenters. The third-order valence-corrected chi connectivity index (χ3v) is 4.41. The zero-order chi connectivity index (χ0) is 20.1. The van der Waals surface area contributed by atoms with Crippen molar-refractivity contribution < 1.29 is 9.53 Å². The Kier molecular flexibility index (Phi) is 5.89. The van der Waals surface area contributed by atoms with E-state index in [1.807, 2.05) is 39.0 Å². The number of benzene rings is 2. The Morgan fingerprint density at radius 3 is 2.46 bits per heavy atom. The summed E-state index contributed by atoms with van der Waals surface area (Å²) in [4.78, 5) is 24.5. The van der Waals surface area contributed by atoms with E-state index in [0.29, 0.717) is 18.0 Å². The molecule has 6 heteroatoms. The second-order valence-electron chi connectivity index (χ2n) is 6.52. The summed E-state index contributed by atoms with van der Waals surface area (Å²) in [6.45, 7) is 6.40. The maximum absolute atomic E-state index is 12.3. The van der Waals surface area contributed by atoms with E-state index >= 15 is 0 Å². The van der Waals surface area contributed by atoms with Crippen LogP contribution in [0.3, 0.4) is 0 Å². The van der Waals surface area contributed by atoms with E-state index in [9.17, 15) is 9.59 Å². The third kappa shape index (κ3) is 4.65. The Balaban J connectivity index is 1.75. The lowest BCUT2D eigenvalue weighted by Gasteiger charge is -2.10. The molecule has 3 aromatic rings. The number of nitrogens with one attached hydrogen (secondary N) is 1. The molecule has 1 aromatic heterocycles. The molecule has 1 heterocycles. The van der Waals surface area contributed by atoms with Crippen LogP contribution in [-0.2, 0) is 11.3 Å². The van der Waals surface area contributed by atoms with E-state index in [-0.39, 0.29) is 18.0 Å². The fourth-order valence-corrected chi connectivity index (χ4v) is 2.75. The highest BCUT2D eigenvalue weighted by atomic mass is 16.5. The Labute approximate surface area is 163 Å². The van der Waals surface area contributed by atoms with E-state index in [1.54, 1.807) is 30.3 Å². The first-order chi connectivity index (χ1) is 13.5. The molecule has 0 fully saturated rings. The maximum atomic E-state index is 12.3. The molecular formula is C22H23N3O3. The number of carbonyl (C=O) groups excluding carboxylic acids is 1. The largest absolute Gasteiger partial charge is 0.494 e. The number of hydrogen-bond donors (Lipinski definition) is 1. The van der Waals surface area contributed by atoms with Gasteiger partial charge in [-0.05, 0) is 68.3 Å². The van der Waals surface area contributed by atoms with E-state index in [1.165, 1.54) is 16.3 Å². The van der Waals surface area contributed by atoms with Crippen LogP contribution in [0.1, 0.15) is 18.1 Å². The summed E-state index contributed by atoms with van der Waals surface area (Å²) in [5.41, 5.74) is 4.19. The van der Waals surface area contributed by atoms with Crippen molar-refractivity contribution >= 4 is 11.6 Å². The van der Waals surface area contributed by atoms with Crippen LogP contribution in [0.5, 0.6) is 5.75 Å². The van der Waals surface area contributed by atoms with Gasteiger partial charge in [0.25, 0.3) is 5.56 Å². The summed E-state index contributed by atoms with van der Waals surface area (Å²) in [6.07, 6.45) is 0. The zero-order valence-corrected chi connectivity index (χ0v) is 16.2. The van der Waals surface area contributed by atoms with Crippen LogP contribution in [0, 0.1) is 13.8 Å². The van der Waals surface area contributed by atoms with Crippen molar-refractivity contribution in [3.63, 3.8) is 0 Å². The topological polar surface area (TPSA) is 73.2 Å². The number of aryl methyl sites for hydroxylation is 2. The summed E-state index contributed by atoms with van der Waals surface area (Å²) in [5.74, 6) is 0.412.